The van der Waals surface area contributed by atoms with E-state index >= 15 is 0 Å². The van der Waals surface area contributed by atoms with Gasteiger partial charge in [0.25, 0.3) is 0 Å². The van der Waals surface area contributed by atoms with E-state index in [4.69, 9.17) is 4.74 Å². The zero-order chi connectivity index (χ0) is 10.1. The first-order valence-corrected chi connectivity index (χ1v) is 4.88. The quantitative estimate of drug-likeness (QED) is 0.699. The summed E-state index contributed by atoms with van der Waals surface area (Å²) in [6, 6.07) is 0.409. The van der Waals surface area contributed by atoms with Gasteiger partial charge in [-0.25, -0.2) is 0 Å². The molecule has 0 spiro atoms. The molecule has 3 nitrogen and oxygen atoms in total. The van der Waals surface area contributed by atoms with Crippen LogP contribution in [0.5, 0.6) is 0 Å². The summed E-state index contributed by atoms with van der Waals surface area (Å²) in [5.74, 6) is 0.547. The van der Waals surface area contributed by atoms with E-state index in [-0.39, 0.29) is 12.0 Å². The fraction of sp³-hybridized carbons (Fsp3) is 1.00. The lowest BCUT2D eigenvalue weighted by Gasteiger charge is -2.50. The number of hydrogen-bond acceptors (Lipinski definition) is 3. The summed E-state index contributed by atoms with van der Waals surface area (Å²) in [5, 5.41) is 9.40. The molecule has 13 heavy (non-hydrogen) atoms. The van der Waals surface area contributed by atoms with Crippen LogP contribution in [-0.4, -0.2) is 50.0 Å². The second kappa shape index (κ2) is 3.95. The van der Waals surface area contributed by atoms with Gasteiger partial charge in [-0.1, -0.05) is 13.8 Å². The lowest BCUT2D eigenvalue weighted by Crippen LogP contribution is -2.60. The molecule has 1 aliphatic heterocycles. The van der Waals surface area contributed by atoms with Gasteiger partial charge in [0.05, 0.1) is 25.2 Å². The summed E-state index contributed by atoms with van der Waals surface area (Å²) < 4.78 is 5.22. The molecule has 0 aromatic heterocycles. The van der Waals surface area contributed by atoms with E-state index in [0.717, 1.165) is 0 Å². The van der Waals surface area contributed by atoms with Crippen LogP contribution in [0.2, 0.25) is 0 Å². The number of rotatable bonds is 4. The van der Waals surface area contributed by atoms with E-state index in [1.807, 2.05) is 0 Å². The molecule has 1 unspecified atom stereocenters. The third-order valence-corrected chi connectivity index (χ3v) is 2.91. The number of aliphatic hydroxyl groups excluding tert-OH is 1. The first-order valence-electron chi connectivity index (χ1n) is 4.88. The van der Waals surface area contributed by atoms with Gasteiger partial charge in [-0.2, -0.15) is 0 Å². The Morgan fingerprint density at radius 1 is 1.38 bits per heavy atom. The summed E-state index contributed by atoms with van der Waals surface area (Å²) in [4.78, 5) is 2.20. The number of ether oxygens (including phenoxy) is 1. The smallest absolute Gasteiger partial charge is 0.0582 e. The molecular formula is C10H21NO2. The van der Waals surface area contributed by atoms with Crippen LogP contribution in [-0.2, 0) is 4.74 Å². The molecule has 0 saturated carbocycles. The van der Waals surface area contributed by atoms with Crippen molar-refractivity contribution in [3.63, 3.8) is 0 Å². The van der Waals surface area contributed by atoms with Crippen LogP contribution in [0.3, 0.4) is 0 Å². The standard InChI is InChI=1S/C10H21NO2/c1-8(2)9(11(3)4)10(5-12)6-13-7-10/h8-9,12H,5-7H2,1-4H3. The fourth-order valence-corrected chi connectivity index (χ4v) is 2.57. The Kier molecular flexibility index (Phi) is 3.33. The minimum Gasteiger partial charge on any atom is -0.396 e. The zero-order valence-electron chi connectivity index (χ0n) is 9.08. The van der Waals surface area contributed by atoms with Crippen molar-refractivity contribution in [2.45, 2.75) is 19.9 Å². The maximum atomic E-state index is 9.40. The van der Waals surface area contributed by atoms with Gasteiger partial charge in [0.2, 0.25) is 0 Å². The Morgan fingerprint density at radius 2 is 1.92 bits per heavy atom. The highest BCUT2D eigenvalue weighted by atomic mass is 16.5. The second-order valence-corrected chi connectivity index (χ2v) is 4.67. The topological polar surface area (TPSA) is 32.7 Å². The lowest BCUT2D eigenvalue weighted by atomic mass is 9.73. The second-order valence-electron chi connectivity index (χ2n) is 4.67. The minimum absolute atomic E-state index is 0.0162. The summed E-state index contributed by atoms with van der Waals surface area (Å²) >= 11 is 0. The lowest BCUT2D eigenvalue weighted by molar-refractivity contribution is -0.178. The highest BCUT2D eigenvalue weighted by molar-refractivity contribution is 4.97. The predicted molar refractivity (Wildman–Crippen MR) is 52.7 cm³/mol. The largest absolute Gasteiger partial charge is 0.396 e. The number of hydrogen-bond donors (Lipinski definition) is 1. The van der Waals surface area contributed by atoms with Crippen LogP contribution in [0.25, 0.3) is 0 Å². The van der Waals surface area contributed by atoms with Crippen LogP contribution >= 0.6 is 0 Å². The average Bonchev–Trinajstić information content (AvgIpc) is 1.94. The minimum atomic E-state index is -0.0162. The van der Waals surface area contributed by atoms with Crippen LogP contribution in [0.15, 0.2) is 0 Å². The SMILES string of the molecule is CC(C)C(N(C)C)C1(CO)COC1. The van der Waals surface area contributed by atoms with Crippen LogP contribution in [0.4, 0.5) is 0 Å². The zero-order valence-corrected chi connectivity index (χ0v) is 9.08. The highest BCUT2D eigenvalue weighted by Crippen LogP contribution is 2.36. The molecule has 1 fully saturated rings. The Morgan fingerprint density at radius 3 is 2.00 bits per heavy atom. The molecule has 0 aromatic carbocycles. The molecule has 0 amide bonds. The van der Waals surface area contributed by atoms with E-state index < -0.39 is 0 Å². The third kappa shape index (κ3) is 1.87. The van der Waals surface area contributed by atoms with Gasteiger partial charge in [-0.15, -0.1) is 0 Å². The summed E-state index contributed by atoms with van der Waals surface area (Å²) in [7, 11) is 4.14. The molecule has 1 atom stereocenters. The van der Waals surface area contributed by atoms with Crippen LogP contribution in [0.1, 0.15) is 13.8 Å². The Bertz CT molecular complexity index is 151. The van der Waals surface area contributed by atoms with E-state index in [9.17, 15) is 5.11 Å². The van der Waals surface area contributed by atoms with Gasteiger partial charge in [0.15, 0.2) is 0 Å². The van der Waals surface area contributed by atoms with Crippen molar-refractivity contribution in [1.29, 1.82) is 0 Å². The van der Waals surface area contributed by atoms with E-state index in [2.05, 4.69) is 32.8 Å². The van der Waals surface area contributed by atoms with Crippen LogP contribution in [0, 0.1) is 11.3 Å². The van der Waals surface area contributed by atoms with E-state index in [1.165, 1.54) is 0 Å². The number of nitrogens with zero attached hydrogens (tertiary/aromatic N) is 1. The van der Waals surface area contributed by atoms with Crippen molar-refractivity contribution < 1.29 is 9.84 Å². The molecule has 1 aliphatic rings. The molecule has 3 heteroatoms. The molecule has 78 valence electrons. The molecule has 1 heterocycles. The van der Waals surface area contributed by atoms with Crippen molar-refractivity contribution in [2.75, 3.05) is 33.9 Å². The summed E-state index contributed by atoms with van der Waals surface area (Å²) in [6.07, 6.45) is 0. The maximum absolute atomic E-state index is 9.40. The Hall–Kier alpha value is -0.120. The molecular weight excluding hydrogens is 166 g/mol. The Balaban J connectivity index is 2.73. The first kappa shape index (κ1) is 11.0. The van der Waals surface area contributed by atoms with Crippen molar-refractivity contribution in [1.82, 2.24) is 4.90 Å². The van der Waals surface area contributed by atoms with Gasteiger partial charge < -0.3 is 14.7 Å². The van der Waals surface area contributed by atoms with Crippen molar-refractivity contribution in [3.8, 4) is 0 Å². The third-order valence-electron chi connectivity index (χ3n) is 2.91. The van der Waals surface area contributed by atoms with E-state index in [1.54, 1.807) is 0 Å². The van der Waals surface area contributed by atoms with Crippen LogP contribution < -0.4 is 0 Å². The molecule has 1 saturated heterocycles. The Labute approximate surface area is 80.7 Å². The monoisotopic (exact) mass is 187 g/mol. The molecule has 0 radical (unpaired) electrons. The molecule has 0 aliphatic carbocycles. The molecule has 1 rings (SSSR count). The molecule has 1 N–H and O–H groups in total. The van der Waals surface area contributed by atoms with Gasteiger partial charge in [-0.3, -0.25) is 0 Å². The van der Waals surface area contributed by atoms with Crippen molar-refractivity contribution in [2.24, 2.45) is 11.3 Å². The van der Waals surface area contributed by atoms with Gasteiger partial charge in [0, 0.05) is 6.04 Å². The summed E-state index contributed by atoms with van der Waals surface area (Å²) in [5.41, 5.74) is -0.0162. The van der Waals surface area contributed by atoms with E-state index in [0.29, 0.717) is 25.2 Å². The van der Waals surface area contributed by atoms with Gasteiger partial charge in [-0.05, 0) is 20.0 Å². The maximum Gasteiger partial charge on any atom is 0.0582 e. The molecule has 0 bridgehead atoms. The first-order chi connectivity index (χ1) is 6.03. The van der Waals surface area contributed by atoms with Crippen molar-refractivity contribution >= 4 is 0 Å². The molecule has 0 aromatic rings. The van der Waals surface area contributed by atoms with Gasteiger partial charge in [0.1, 0.15) is 0 Å². The predicted octanol–water partition coefficient (Wildman–Crippen LogP) is 0.581. The normalized spacial score (nSPS) is 23.3. The fourth-order valence-electron chi connectivity index (χ4n) is 2.57. The van der Waals surface area contributed by atoms with Gasteiger partial charge >= 0.3 is 0 Å². The summed E-state index contributed by atoms with van der Waals surface area (Å²) in [6.45, 7) is 6.02. The number of aliphatic hydroxyl groups is 1. The highest BCUT2D eigenvalue weighted by Gasteiger charge is 2.47. The average molecular weight is 187 g/mol. The van der Waals surface area contributed by atoms with Crippen molar-refractivity contribution in [3.05, 3.63) is 0 Å².